The smallest absolute Gasteiger partial charge is 0.356 e. The van der Waals surface area contributed by atoms with Crippen LogP contribution in [0.1, 0.15) is 48.3 Å². The van der Waals surface area contributed by atoms with E-state index in [0.29, 0.717) is 42.7 Å². The molecule has 0 spiro atoms. The van der Waals surface area contributed by atoms with Gasteiger partial charge in [0.05, 0.1) is 12.3 Å². The van der Waals surface area contributed by atoms with Crippen molar-refractivity contribution in [2.45, 2.75) is 40.8 Å². The van der Waals surface area contributed by atoms with Crippen LogP contribution in [0.2, 0.25) is 0 Å². The van der Waals surface area contributed by atoms with Crippen molar-refractivity contribution in [3.63, 3.8) is 0 Å². The minimum Gasteiger partial charge on any atom is -0.485 e. The van der Waals surface area contributed by atoms with E-state index in [1.807, 2.05) is 41.8 Å². The van der Waals surface area contributed by atoms with Gasteiger partial charge in [-0.3, -0.25) is 0 Å². The maximum absolute atomic E-state index is 12.4. The molecule has 0 radical (unpaired) electrons. The van der Waals surface area contributed by atoms with Gasteiger partial charge in [0.1, 0.15) is 6.61 Å². The van der Waals surface area contributed by atoms with Crippen LogP contribution >= 0.6 is 0 Å². The van der Waals surface area contributed by atoms with Crippen LogP contribution < -0.4 is 0 Å². The molecule has 0 atom stereocenters. The van der Waals surface area contributed by atoms with E-state index >= 15 is 0 Å². The number of allylic oxidation sites excluding steroid dienone is 1. The molecule has 1 aromatic heterocycles. The molecule has 0 fully saturated rings. The van der Waals surface area contributed by atoms with Gasteiger partial charge < -0.3 is 14.0 Å². The Hall–Kier alpha value is -2.56. The molecular formula is C20H24N2O3. The number of esters is 1. The number of carbonyl (C=O) groups excluding carboxylic acids is 1. The van der Waals surface area contributed by atoms with E-state index in [0.717, 1.165) is 5.56 Å². The second-order valence-corrected chi connectivity index (χ2v) is 6.95. The van der Waals surface area contributed by atoms with Crippen molar-refractivity contribution in [2.75, 3.05) is 6.61 Å². The van der Waals surface area contributed by atoms with Crippen LogP contribution in [-0.4, -0.2) is 22.1 Å². The van der Waals surface area contributed by atoms with E-state index < -0.39 is 0 Å². The first-order valence-corrected chi connectivity index (χ1v) is 8.55. The number of fused-ring (bicyclic) bond motifs is 1. The van der Waals surface area contributed by atoms with Gasteiger partial charge in [0.2, 0.25) is 0 Å². The molecule has 1 aliphatic heterocycles. The highest BCUT2D eigenvalue weighted by atomic mass is 16.5. The second-order valence-electron chi connectivity index (χ2n) is 6.95. The summed E-state index contributed by atoms with van der Waals surface area (Å²) in [5.41, 5.74) is 2.12. The zero-order valence-electron chi connectivity index (χ0n) is 15.2. The molecule has 3 rings (SSSR count). The molecule has 2 aromatic rings. The highest BCUT2D eigenvalue weighted by molar-refractivity contribution is 5.89. The summed E-state index contributed by atoms with van der Waals surface area (Å²) in [6, 6.07) is 10.0. The summed E-state index contributed by atoms with van der Waals surface area (Å²) in [5, 5.41) is 0. The van der Waals surface area contributed by atoms with Crippen molar-refractivity contribution in [3.8, 4) is 0 Å². The normalized spacial score (nSPS) is 15.3. The largest absolute Gasteiger partial charge is 0.485 e. The van der Waals surface area contributed by atoms with Crippen LogP contribution in [0.4, 0.5) is 0 Å². The predicted molar refractivity (Wildman–Crippen MR) is 95.9 cm³/mol. The summed E-state index contributed by atoms with van der Waals surface area (Å²) in [7, 11) is 0. The Morgan fingerprint density at radius 1 is 1.28 bits per heavy atom. The van der Waals surface area contributed by atoms with Crippen LogP contribution in [0.5, 0.6) is 0 Å². The quantitative estimate of drug-likeness (QED) is 0.773. The second kappa shape index (κ2) is 6.75. The molecule has 0 bridgehead atoms. The Labute approximate surface area is 148 Å². The van der Waals surface area contributed by atoms with Gasteiger partial charge in [0.15, 0.2) is 17.3 Å². The zero-order chi connectivity index (χ0) is 18.0. The number of benzene rings is 1. The monoisotopic (exact) mass is 340 g/mol. The lowest BCUT2D eigenvalue weighted by Gasteiger charge is -2.29. The molecule has 0 N–H and O–H groups in total. The molecule has 1 aromatic carbocycles. The van der Waals surface area contributed by atoms with E-state index in [9.17, 15) is 4.79 Å². The van der Waals surface area contributed by atoms with E-state index in [-0.39, 0.29) is 11.4 Å². The standard InChI is InChI=1S/C20H24N2O3/c1-5-24-19(23)17-14(2)21-18-16(11-20(3,4)13-22(17)18)25-12-15-9-7-6-8-10-15/h6-11H,5,12-13H2,1-4H3. The van der Waals surface area contributed by atoms with Gasteiger partial charge in [-0.15, -0.1) is 0 Å². The van der Waals surface area contributed by atoms with Crippen LogP contribution in [0, 0.1) is 12.3 Å². The average Bonchev–Trinajstić information content (AvgIpc) is 2.88. The third kappa shape index (κ3) is 3.60. The summed E-state index contributed by atoms with van der Waals surface area (Å²) in [6.45, 7) is 9.34. The van der Waals surface area contributed by atoms with Crippen LogP contribution in [-0.2, 0) is 22.6 Å². The molecular weight excluding hydrogens is 316 g/mol. The van der Waals surface area contributed by atoms with Crippen molar-refractivity contribution in [2.24, 2.45) is 5.41 Å². The number of aromatic nitrogens is 2. The Morgan fingerprint density at radius 2 is 2.00 bits per heavy atom. The Kier molecular flexibility index (Phi) is 4.66. The lowest BCUT2D eigenvalue weighted by atomic mass is 9.90. The SMILES string of the molecule is CCOC(=O)c1c(C)nc2n1CC(C)(C)C=C2OCc1ccccc1. The predicted octanol–water partition coefficient (Wildman–Crippen LogP) is 3.97. The fraction of sp³-hybridized carbons (Fsp3) is 0.400. The van der Waals surface area contributed by atoms with Gasteiger partial charge in [-0.2, -0.15) is 0 Å². The van der Waals surface area contributed by atoms with Crippen molar-refractivity contribution in [3.05, 3.63) is 59.2 Å². The first-order valence-electron chi connectivity index (χ1n) is 8.55. The van der Waals surface area contributed by atoms with Crippen LogP contribution in [0.15, 0.2) is 36.4 Å². The first kappa shape index (κ1) is 17.3. The van der Waals surface area contributed by atoms with Crippen LogP contribution in [0.25, 0.3) is 5.76 Å². The summed E-state index contributed by atoms with van der Waals surface area (Å²) in [6.07, 6.45) is 2.09. The molecule has 2 heterocycles. The number of nitrogens with zero attached hydrogens (tertiary/aromatic N) is 2. The van der Waals surface area contributed by atoms with Gasteiger partial charge in [-0.25, -0.2) is 9.78 Å². The maximum atomic E-state index is 12.4. The number of aryl methyl sites for hydroxylation is 1. The summed E-state index contributed by atoms with van der Waals surface area (Å²) >= 11 is 0. The summed E-state index contributed by atoms with van der Waals surface area (Å²) < 4.78 is 13.2. The van der Waals surface area contributed by atoms with Gasteiger partial charge in [0, 0.05) is 12.0 Å². The molecule has 0 saturated carbocycles. The highest BCUT2D eigenvalue weighted by Crippen LogP contribution is 2.35. The van der Waals surface area contributed by atoms with Crippen molar-refractivity contribution < 1.29 is 14.3 Å². The molecule has 0 saturated heterocycles. The molecule has 1 aliphatic rings. The fourth-order valence-electron chi connectivity index (χ4n) is 3.09. The van der Waals surface area contributed by atoms with Crippen molar-refractivity contribution in [1.82, 2.24) is 9.55 Å². The molecule has 5 nitrogen and oxygen atoms in total. The third-order valence-corrected chi connectivity index (χ3v) is 4.16. The number of rotatable bonds is 5. The molecule has 5 heteroatoms. The lowest BCUT2D eigenvalue weighted by molar-refractivity contribution is 0.0510. The van der Waals surface area contributed by atoms with Gasteiger partial charge in [-0.05, 0) is 25.5 Å². The summed E-state index contributed by atoms with van der Waals surface area (Å²) in [4.78, 5) is 16.9. The minimum absolute atomic E-state index is 0.145. The van der Waals surface area contributed by atoms with E-state index in [4.69, 9.17) is 9.47 Å². The average molecular weight is 340 g/mol. The third-order valence-electron chi connectivity index (χ3n) is 4.16. The Morgan fingerprint density at radius 3 is 2.68 bits per heavy atom. The minimum atomic E-state index is -0.334. The highest BCUT2D eigenvalue weighted by Gasteiger charge is 2.33. The van der Waals surface area contributed by atoms with E-state index in [1.165, 1.54) is 0 Å². The van der Waals surface area contributed by atoms with Gasteiger partial charge in [0.25, 0.3) is 0 Å². The fourth-order valence-corrected chi connectivity index (χ4v) is 3.09. The number of imidazole rings is 1. The molecule has 0 aliphatic carbocycles. The number of hydrogen-bond acceptors (Lipinski definition) is 4. The molecule has 0 unspecified atom stereocenters. The van der Waals surface area contributed by atoms with Gasteiger partial charge >= 0.3 is 5.97 Å². The summed E-state index contributed by atoms with van der Waals surface area (Å²) in [5.74, 6) is 1.06. The number of carbonyl (C=O) groups is 1. The van der Waals surface area contributed by atoms with E-state index in [2.05, 4.69) is 24.9 Å². The Bertz CT molecular complexity index is 804. The van der Waals surface area contributed by atoms with Crippen molar-refractivity contribution in [1.29, 1.82) is 0 Å². The topological polar surface area (TPSA) is 53.3 Å². The molecule has 132 valence electrons. The molecule has 0 amide bonds. The molecule has 25 heavy (non-hydrogen) atoms. The zero-order valence-corrected chi connectivity index (χ0v) is 15.2. The Balaban J connectivity index is 1.94. The van der Waals surface area contributed by atoms with Crippen LogP contribution in [0.3, 0.4) is 0 Å². The first-order chi connectivity index (χ1) is 11.9. The lowest BCUT2D eigenvalue weighted by Crippen LogP contribution is -2.27. The number of ether oxygens (including phenoxy) is 2. The van der Waals surface area contributed by atoms with Gasteiger partial charge in [-0.1, -0.05) is 44.2 Å². The van der Waals surface area contributed by atoms with Crippen molar-refractivity contribution >= 4 is 11.7 Å². The van der Waals surface area contributed by atoms with E-state index in [1.54, 1.807) is 6.92 Å². The maximum Gasteiger partial charge on any atom is 0.356 e. The number of hydrogen-bond donors (Lipinski definition) is 0.